The fourth-order valence-electron chi connectivity index (χ4n) is 9.56. The monoisotopic (exact) mass is 772 g/mol. The van der Waals surface area contributed by atoms with Crippen molar-refractivity contribution in [1.29, 1.82) is 0 Å². The van der Waals surface area contributed by atoms with E-state index in [0.29, 0.717) is 5.82 Å². The standard InChI is InChI=1S/C56H40N2S/c1-55(2)44-19-9-11-21-46(44)56(47-22-12-10-20-45(47)55)48-23-13-14-24-52(48)59-53-35-43(33-34-49(53)56)39-27-31-42(32-28-39)54-57-50(40-17-7-4-8-18-40)36-51(58-54)41-29-25-38(26-30-41)37-15-5-3-6-16-37/h3-36H,1-2H3. The van der Waals surface area contributed by atoms with Crippen LogP contribution in [0, 0.1) is 0 Å². The number of aromatic nitrogens is 2. The van der Waals surface area contributed by atoms with E-state index in [1.54, 1.807) is 0 Å². The average molecular weight is 773 g/mol. The van der Waals surface area contributed by atoms with E-state index in [2.05, 4.69) is 208 Å². The average Bonchev–Trinajstić information content (AvgIpc) is 3.31. The minimum Gasteiger partial charge on any atom is -0.228 e. The van der Waals surface area contributed by atoms with Crippen molar-refractivity contribution in [1.82, 2.24) is 9.97 Å². The lowest BCUT2D eigenvalue weighted by Crippen LogP contribution is -2.43. The van der Waals surface area contributed by atoms with E-state index in [1.165, 1.54) is 59.9 Å². The molecule has 0 fully saturated rings. The largest absolute Gasteiger partial charge is 0.228 e. The topological polar surface area (TPSA) is 25.8 Å². The van der Waals surface area contributed by atoms with E-state index in [0.717, 1.165) is 33.6 Å². The molecule has 11 rings (SSSR count). The van der Waals surface area contributed by atoms with Crippen molar-refractivity contribution in [3.63, 3.8) is 0 Å². The molecule has 3 heteroatoms. The van der Waals surface area contributed by atoms with Crippen LogP contribution in [0.2, 0.25) is 0 Å². The predicted molar refractivity (Wildman–Crippen MR) is 244 cm³/mol. The first-order chi connectivity index (χ1) is 29.0. The maximum atomic E-state index is 5.16. The summed E-state index contributed by atoms with van der Waals surface area (Å²) >= 11 is 1.89. The Hall–Kier alpha value is -6.81. The van der Waals surface area contributed by atoms with Crippen LogP contribution in [-0.4, -0.2) is 9.97 Å². The summed E-state index contributed by atoms with van der Waals surface area (Å²) in [7, 11) is 0. The number of nitrogens with zero attached hydrogens (tertiary/aromatic N) is 2. The van der Waals surface area contributed by atoms with Gasteiger partial charge in [0.1, 0.15) is 0 Å². The van der Waals surface area contributed by atoms with Crippen molar-refractivity contribution < 1.29 is 0 Å². The summed E-state index contributed by atoms with van der Waals surface area (Å²) in [5.74, 6) is 0.706. The first-order valence-corrected chi connectivity index (χ1v) is 21.1. The molecule has 1 aliphatic heterocycles. The van der Waals surface area contributed by atoms with Gasteiger partial charge in [-0.1, -0.05) is 214 Å². The van der Waals surface area contributed by atoms with Crippen molar-refractivity contribution in [3.05, 3.63) is 240 Å². The maximum absolute atomic E-state index is 5.16. The van der Waals surface area contributed by atoms with Crippen molar-refractivity contribution in [2.24, 2.45) is 0 Å². The lowest BCUT2D eigenvalue weighted by molar-refractivity contribution is 0.549. The van der Waals surface area contributed by atoms with Crippen molar-refractivity contribution in [2.75, 3.05) is 0 Å². The van der Waals surface area contributed by atoms with Crippen LogP contribution < -0.4 is 0 Å². The lowest BCUT2D eigenvalue weighted by Gasteiger charge is -2.50. The SMILES string of the molecule is CC1(C)c2ccccc2C2(c3ccccc3Sc3cc(-c4ccc(-c5nc(-c6ccccc6)cc(-c6ccc(-c7ccccc7)cc6)n5)cc4)ccc32)c2ccccc21. The second-order valence-corrected chi connectivity index (χ2v) is 17.2. The smallest absolute Gasteiger partial charge is 0.160 e. The molecule has 0 saturated heterocycles. The van der Waals surface area contributed by atoms with Gasteiger partial charge < -0.3 is 0 Å². The molecule has 0 bridgehead atoms. The number of benzene rings is 8. The normalized spacial score (nSPS) is 14.1. The molecule has 8 aromatic carbocycles. The lowest BCUT2D eigenvalue weighted by atomic mass is 9.54. The molecule has 59 heavy (non-hydrogen) atoms. The highest BCUT2D eigenvalue weighted by atomic mass is 32.2. The van der Waals surface area contributed by atoms with Gasteiger partial charge in [0.05, 0.1) is 16.8 Å². The highest BCUT2D eigenvalue weighted by Gasteiger charge is 2.52. The molecule has 1 aromatic heterocycles. The van der Waals surface area contributed by atoms with E-state index in [9.17, 15) is 0 Å². The van der Waals surface area contributed by atoms with E-state index in [4.69, 9.17) is 9.97 Å². The van der Waals surface area contributed by atoms with Crippen LogP contribution in [0.25, 0.3) is 56.2 Å². The van der Waals surface area contributed by atoms with Crippen molar-refractivity contribution in [2.45, 2.75) is 34.5 Å². The molecule has 1 spiro atoms. The van der Waals surface area contributed by atoms with Crippen LogP contribution in [0.5, 0.6) is 0 Å². The van der Waals surface area contributed by atoms with Crippen LogP contribution in [0.1, 0.15) is 47.2 Å². The molecule has 2 aliphatic rings. The Kier molecular flexibility index (Phi) is 8.35. The fraction of sp³-hybridized carbons (Fsp3) is 0.0714. The zero-order chi connectivity index (χ0) is 39.6. The van der Waals surface area contributed by atoms with Gasteiger partial charge in [-0.25, -0.2) is 9.97 Å². The Bertz CT molecular complexity index is 2970. The van der Waals surface area contributed by atoms with Crippen LogP contribution >= 0.6 is 11.8 Å². The molecular weight excluding hydrogens is 733 g/mol. The molecule has 0 radical (unpaired) electrons. The Balaban J connectivity index is 0.999. The summed E-state index contributed by atoms with van der Waals surface area (Å²) in [6.07, 6.45) is 0. The van der Waals surface area contributed by atoms with Crippen LogP contribution in [-0.2, 0) is 10.8 Å². The molecule has 1 aliphatic carbocycles. The van der Waals surface area contributed by atoms with Crippen LogP contribution in [0.4, 0.5) is 0 Å². The van der Waals surface area contributed by atoms with Gasteiger partial charge in [-0.2, -0.15) is 0 Å². The summed E-state index contributed by atoms with van der Waals surface area (Å²) in [5.41, 5.74) is 17.3. The van der Waals surface area contributed by atoms with Crippen LogP contribution in [0.3, 0.4) is 0 Å². The number of hydrogen-bond acceptors (Lipinski definition) is 3. The second-order valence-electron chi connectivity index (χ2n) is 16.1. The Morgan fingerprint density at radius 2 is 0.729 bits per heavy atom. The van der Waals surface area contributed by atoms with Gasteiger partial charge in [0.2, 0.25) is 0 Å². The maximum Gasteiger partial charge on any atom is 0.160 e. The summed E-state index contributed by atoms with van der Waals surface area (Å²) in [5, 5.41) is 0. The van der Waals surface area contributed by atoms with E-state index in [-0.39, 0.29) is 5.41 Å². The van der Waals surface area contributed by atoms with Gasteiger partial charge >= 0.3 is 0 Å². The summed E-state index contributed by atoms with van der Waals surface area (Å²) in [6, 6.07) is 74.8. The second kappa shape index (κ2) is 13.9. The molecular formula is C56H40N2S. The molecule has 0 unspecified atom stereocenters. The molecule has 280 valence electrons. The zero-order valence-electron chi connectivity index (χ0n) is 32.9. The summed E-state index contributed by atoms with van der Waals surface area (Å²) < 4.78 is 0. The van der Waals surface area contributed by atoms with Gasteiger partial charge in [-0.05, 0) is 73.8 Å². The van der Waals surface area contributed by atoms with Crippen molar-refractivity contribution >= 4 is 11.8 Å². The highest BCUT2D eigenvalue weighted by Crippen LogP contribution is 2.61. The van der Waals surface area contributed by atoms with Gasteiger partial charge in [0.25, 0.3) is 0 Å². The predicted octanol–water partition coefficient (Wildman–Crippen LogP) is 14.3. The first-order valence-electron chi connectivity index (χ1n) is 20.3. The molecule has 0 amide bonds. The quantitative estimate of drug-likeness (QED) is 0.174. The third kappa shape index (κ3) is 5.72. The molecule has 0 N–H and O–H groups in total. The van der Waals surface area contributed by atoms with E-state index < -0.39 is 5.41 Å². The first kappa shape index (κ1) is 35.4. The molecule has 2 nitrogen and oxygen atoms in total. The molecule has 0 saturated carbocycles. The van der Waals surface area contributed by atoms with Gasteiger partial charge in [-0.3, -0.25) is 0 Å². The van der Waals surface area contributed by atoms with Crippen LogP contribution in [0.15, 0.2) is 216 Å². The van der Waals surface area contributed by atoms with E-state index in [1.807, 2.05) is 23.9 Å². The molecule has 9 aromatic rings. The number of rotatable bonds is 5. The van der Waals surface area contributed by atoms with E-state index >= 15 is 0 Å². The van der Waals surface area contributed by atoms with Crippen molar-refractivity contribution in [3.8, 4) is 56.2 Å². The minimum atomic E-state index is -0.428. The zero-order valence-corrected chi connectivity index (χ0v) is 33.7. The van der Waals surface area contributed by atoms with Gasteiger partial charge in [0, 0.05) is 31.9 Å². The Morgan fingerprint density at radius 1 is 0.322 bits per heavy atom. The number of hydrogen-bond donors (Lipinski definition) is 0. The third-order valence-electron chi connectivity index (χ3n) is 12.5. The van der Waals surface area contributed by atoms with Gasteiger partial charge in [0.15, 0.2) is 5.82 Å². The number of fused-ring (bicyclic) bond motifs is 8. The van der Waals surface area contributed by atoms with Gasteiger partial charge in [-0.15, -0.1) is 0 Å². The summed E-state index contributed by atoms with van der Waals surface area (Å²) in [6.45, 7) is 4.75. The minimum absolute atomic E-state index is 0.127. The Morgan fingerprint density at radius 3 is 1.34 bits per heavy atom. The Labute approximate surface area is 350 Å². The molecule has 2 heterocycles. The molecule has 0 atom stereocenters. The summed E-state index contributed by atoms with van der Waals surface area (Å²) in [4.78, 5) is 12.9. The highest BCUT2D eigenvalue weighted by molar-refractivity contribution is 7.99. The third-order valence-corrected chi connectivity index (χ3v) is 13.6. The fourth-order valence-corrected chi connectivity index (χ4v) is 10.8.